The van der Waals surface area contributed by atoms with Gasteiger partial charge in [-0.25, -0.2) is 4.79 Å². The summed E-state index contributed by atoms with van der Waals surface area (Å²) in [5, 5.41) is 3.41. The van der Waals surface area contributed by atoms with Crippen LogP contribution in [0.2, 0.25) is 0 Å². The van der Waals surface area contributed by atoms with E-state index in [-0.39, 0.29) is 6.42 Å². The van der Waals surface area contributed by atoms with Crippen LogP contribution in [0.25, 0.3) is 0 Å². The van der Waals surface area contributed by atoms with E-state index in [2.05, 4.69) is 0 Å². The number of benzene rings is 1. The van der Waals surface area contributed by atoms with Crippen molar-refractivity contribution < 1.29 is 27.6 Å². The number of nitrogens with one attached hydrogen (secondary N) is 2. The number of carbonyl (C=O) groups is 3. The maximum absolute atomic E-state index is 13.7. The number of carbonyl (C=O) groups excluding carboxylic acids is 3. The number of nitrogens with zero attached hydrogens (tertiary/aromatic N) is 1. The highest BCUT2D eigenvalue weighted by Crippen LogP contribution is 2.37. The van der Waals surface area contributed by atoms with Gasteiger partial charge in [-0.05, 0) is 18.4 Å². The molecule has 1 aromatic rings. The van der Waals surface area contributed by atoms with Gasteiger partial charge in [-0.2, -0.15) is 13.2 Å². The topological polar surface area (TPSA) is 78.5 Å². The van der Waals surface area contributed by atoms with Gasteiger partial charge in [0, 0.05) is 6.04 Å². The number of urea groups is 1. The molecule has 1 aromatic carbocycles. The molecule has 140 valence electrons. The quantitative estimate of drug-likeness (QED) is 0.798. The van der Waals surface area contributed by atoms with Gasteiger partial charge in [-0.1, -0.05) is 43.2 Å². The first-order chi connectivity index (χ1) is 12.2. The summed E-state index contributed by atoms with van der Waals surface area (Å²) in [6, 6.07) is 6.47. The van der Waals surface area contributed by atoms with Gasteiger partial charge in [-0.15, -0.1) is 0 Å². The predicted molar refractivity (Wildman–Crippen MR) is 84.7 cm³/mol. The Morgan fingerprint density at radius 1 is 1.19 bits per heavy atom. The van der Waals surface area contributed by atoms with E-state index in [9.17, 15) is 27.6 Å². The molecule has 0 unspecified atom stereocenters. The van der Waals surface area contributed by atoms with Crippen LogP contribution in [0.4, 0.5) is 18.0 Å². The maximum atomic E-state index is 13.7. The summed E-state index contributed by atoms with van der Waals surface area (Å²) in [7, 11) is 0. The molecule has 0 bridgehead atoms. The van der Waals surface area contributed by atoms with Crippen LogP contribution < -0.4 is 10.6 Å². The lowest BCUT2D eigenvalue weighted by atomic mass is 10.1. The van der Waals surface area contributed by atoms with Gasteiger partial charge in [0.2, 0.25) is 5.91 Å². The summed E-state index contributed by atoms with van der Waals surface area (Å²) >= 11 is 0. The number of alkyl halides is 3. The van der Waals surface area contributed by atoms with Crippen molar-refractivity contribution in [1.82, 2.24) is 15.5 Å². The lowest BCUT2D eigenvalue weighted by Crippen LogP contribution is -2.69. The Morgan fingerprint density at radius 3 is 2.38 bits per heavy atom. The minimum Gasteiger partial charge on any atom is -0.318 e. The second-order valence-corrected chi connectivity index (χ2v) is 6.50. The van der Waals surface area contributed by atoms with Crippen LogP contribution in [-0.2, 0) is 16.0 Å². The number of imide groups is 1. The van der Waals surface area contributed by atoms with Crippen LogP contribution in [0.3, 0.4) is 0 Å². The monoisotopic (exact) mass is 369 g/mol. The minimum atomic E-state index is -5.17. The summed E-state index contributed by atoms with van der Waals surface area (Å²) in [5.41, 5.74) is -2.93. The molecular weight excluding hydrogens is 351 g/mol. The van der Waals surface area contributed by atoms with Gasteiger partial charge in [0.15, 0.2) is 0 Å². The van der Waals surface area contributed by atoms with Gasteiger partial charge in [-0.3, -0.25) is 19.8 Å². The Labute approximate surface area is 147 Å². The average molecular weight is 369 g/mol. The standard InChI is InChI=1S/C17H18F3N3O3/c18-17(19,20)16(21-13(24)10-11-6-2-1-3-7-11)14(25)23(15(26)22-16)12-8-4-5-9-12/h1-3,6-7,12H,4-5,8-10H2,(H,21,24)(H,22,26)/t16-/m0/s1. The molecule has 1 atom stereocenters. The van der Waals surface area contributed by atoms with Gasteiger partial charge < -0.3 is 5.32 Å². The summed E-state index contributed by atoms with van der Waals surface area (Å²) < 4.78 is 41.2. The Morgan fingerprint density at radius 2 is 1.81 bits per heavy atom. The van der Waals surface area contributed by atoms with Crippen LogP contribution >= 0.6 is 0 Å². The van der Waals surface area contributed by atoms with Crippen LogP contribution in [0.1, 0.15) is 31.2 Å². The van der Waals surface area contributed by atoms with Crippen LogP contribution in [0.15, 0.2) is 30.3 Å². The van der Waals surface area contributed by atoms with Crippen molar-refractivity contribution in [3.8, 4) is 0 Å². The molecule has 6 nitrogen and oxygen atoms in total. The molecule has 2 fully saturated rings. The zero-order chi connectivity index (χ0) is 18.9. The van der Waals surface area contributed by atoms with E-state index in [0.717, 1.165) is 12.8 Å². The van der Waals surface area contributed by atoms with Crippen molar-refractivity contribution in [2.45, 2.75) is 50.0 Å². The van der Waals surface area contributed by atoms with Gasteiger partial charge in [0.05, 0.1) is 6.42 Å². The highest BCUT2D eigenvalue weighted by molar-refractivity contribution is 6.09. The van der Waals surface area contributed by atoms with E-state index in [1.807, 2.05) is 0 Å². The molecule has 4 amide bonds. The number of amides is 4. The summed E-state index contributed by atoms with van der Waals surface area (Å²) in [6.45, 7) is 0. The van der Waals surface area contributed by atoms with Crippen molar-refractivity contribution >= 4 is 17.8 Å². The number of halogens is 3. The second-order valence-electron chi connectivity index (χ2n) is 6.50. The molecular formula is C17H18F3N3O3. The van der Waals surface area contributed by atoms with Crippen molar-refractivity contribution in [2.75, 3.05) is 0 Å². The first-order valence-corrected chi connectivity index (χ1v) is 8.32. The third kappa shape index (κ3) is 3.13. The van der Waals surface area contributed by atoms with E-state index in [4.69, 9.17) is 0 Å². The normalized spacial score (nSPS) is 24.0. The third-order valence-electron chi connectivity index (χ3n) is 4.70. The fourth-order valence-corrected chi connectivity index (χ4v) is 3.42. The Kier molecular flexibility index (Phi) is 4.64. The van der Waals surface area contributed by atoms with Gasteiger partial charge >= 0.3 is 12.2 Å². The van der Waals surface area contributed by atoms with Crippen molar-refractivity contribution in [2.24, 2.45) is 0 Å². The number of hydrogen-bond acceptors (Lipinski definition) is 3. The van der Waals surface area contributed by atoms with Crippen molar-refractivity contribution in [3.05, 3.63) is 35.9 Å². The van der Waals surface area contributed by atoms with E-state index >= 15 is 0 Å². The molecule has 3 rings (SSSR count). The molecule has 0 aromatic heterocycles. The van der Waals surface area contributed by atoms with Gasteiger partial charge in [0.1, 0.15) is 0 Å². The lowest BCUT2D eigenvalue weighted by Gasteiger charge is -2.30. The number of rotatable bonds is 4. The molecule has 0 spiro atoms. The third-order valence-corrected chi connectivity index (χ3v) is 4.70. The zero-order valence-corrected chi connectivity index (χ0v) is 13.8. The highest BCUT2D eigenvalue weighted by atomic mass is 19.4. The van der Waals surface area contributed by atoms with E-state index in [0.29, 0.717) is 23.3 Å². The molecule has 0 radical (unpaired) electrons. The molecule has 26 heavy (non-hydrogen) atoms. The number of hydrogen-bond donors (Lipinski definition) is 2. The molecule has 2 N–H and O–H groups in total. The Hall–Kier alpha value is -2.58. The smallest absolute Gasteiger partial charge is 0.318 e. The molecule has 1 heterocycles. The molecule has 1 aliphatic heterocycles. The van der Waals surface area contributed by atoms with Crippen LogP contribution in [0.5, 0.6) is 0 Å². The van der Waals surface area contributed by atoms with Crippen molar-refractivity contribution in [1.29, 1.82) is 0 Å². The fourth-order valence-electron chi connectivity index (χ4n) is 3.42. The first-order valence-electron chi connectivity index (χ1n) is 8.32. The molecule has 1 aliphatic carbocycles. The summed E-state index contributed by atoms with van der Waals surface area (Å²) in [5.74, 6) is -2.47. The van der Waals surface area contributed by atoms with Crippen LogP contribution in [-0.4, -0.2) is 40.6 Å². The molecule has 9 heteroatoms. The molecule has 1 saturated heterocycles. The predicted octanol–water partition coefficient (Wildman–Crippen LogP) is 2.10. The van der Waals surface area contributed by atoms with Crippen molar-refractivity contribution in [3.63, 3.8) is 0 Å². The average Bonchev–Trinajstić information content (AvgIpc) is 3.15. The minimum absolute atomic E-state index is 0.342. The highest BCUT2D eigenvalue weighted by Gasteiger charge is 2.69. The fraction of sp³-hybridized carbons (Fsp3) is 0.471. The largest absolute Gasteiger partial charge is 0.440 e. The SMILES string of the molecule is O=C(Cc1ccccc1)N[C@]1(C(F)(F)F)NC(=O)N(C2CCCC2)C1=O. The Bertz CT molecular complexity index is 717. The van der Waals surface area contributed by atoms with Crippen LogP contribution in [0, 0.1) is 0 Å². The van der Waals surface area contributed by atoms with Gasteiger partial charge in [0.25, 0.3) is 11.6 Å². The van der Waals surface area contributed by atoms with E-state index in [1.54, 1.807) is 41.0 Å². The second kappa shape index (κ2) is 6.62. The summed E-state index contributed by atoms with van der Waals surface area (Å²) in [4.78, 5) is 37.5. The van der Waals surface area contributed by atoms with E-state index in [1.165, 1.54) is 0 Å². The van der Waals surface area contributed by atoms with E-state index < -0.39 is 35.7 Å². The lowest BCUT2D eigenvalue weighted by molar-refractivity contribution is -0.204. The maximum Gasteiger partial charge on any atom is 0.440 e. The molecule has 2 aliphatic rings. The molecule has 1 saturated carbocycles. The zero-order valence-electron chi connectivity index (χ0n) is 13.8. The Balaban J connectivity index is 1.84. The summed E-state index contributed by atoms with van der Waals surface area (Å²) in [6.07, 6.45) is -3.11. The first kappa shape index (κ1) is 18.2.